The summed E-state index contributed by atoms with van der Waals surface area (Å²) in [6, 6.07) is 2.10. The smallest absolute Gasteiger partial charge is 0.193 e. The highest BCUT2D eigenvalue weighted by molar-refractivity contribution is 7.12. The van der Waals surface area contributed by atoms with Gasteiger partial charge < -0.3 is 5.11 Å². The minimum absolute atomic E-state index is 0.288. The number of thiazole rings is 1. The van der Waals surface area contributed by atoms with Crippen LogP contribution in [0, 0.1) is 6.92 Å². The molecule has 4 heteroatoms. The van der Waals surface area contributed by atoms with Crippen LogP contribution in [0.25, 0.3) is 5.13 Å². The summed E-state index contributed by atoms with van der Waals surface area (Å²) in [4.78, 5) is 4.35. The number of aryl methyl sites for hydroxylation is 1. The number of fused-ring (bicyclic) bond motifs is 1. The minimum Gasteiger partial charge on any atom is -0.388 e. The Labute approximate surface area is 98.4 Å². The zero-order valence-corrected chi connectivity index (χ0v) is 10.00. The third-order valence-corrected chi connectivity index (χ3v) is 3.94. The van der Waals surface area contributed by atoms with Crippen LogP contribution >= 0.6 is 11.3 Å². The highest BCUT2D eigenvalue weighted by Gasteiger charge is 2.24. The van der Waals surface area contributed by atoms with E-state index < -0.39 is 0 Å². The molecule has 1 atom stereocenters. The zero-order chi connectivity index (χ0) is 11.1. The molecule has 0 bridgehead atoms. The molecule has 1 aliphatic carbocycles. The number of aliphatic hydroxyl groups excluding tert-OH is 1. The molecule has 1 aliphatic rings. The summed E-state index contributed by atoms with van der Waals surface area (Å²) < 4.78 is 2.18. The second-order valence-corrected chi connectivity index (χ2v) is 5.12. The fourth-order valence-electron chi connectivity index (χ4n) is 2.47. The van der Waals surface area contributed by atoms with Gasteiger partial charge in [0.2, 0.25) is 0 Å². The maximum atomic E-state index is 9.97. The van der Waals surface area contributed by atoms with E-state index in [0.29, 0.717) is 0 Å². The van der Waals surface area contributed by atoms with Crippen molar-refractivity contribution in [3.63, 3.8) is 0 Å². The van der Waals surface area contributed by atoms with Gasteiger partial charge in [-0.2, -0.15) is 0 Å². The van der Waals surface area contributed by atoms with Crippen molar-refractivity contribution < 1.29 is 5.11 Å². The van der Waals surface area contributed by atoms with Gasteiger partial charge in [0.1, 0.15) is 0 Å². The van der Waals surface area contributed by atoms with Crippen molar-refractivity contribution in [1.82, 2.24) is 9.55 Å². The van der Waals surface area contributed by atoms with E-state index in [-0.39, 0.29) is 6.10 Å². The first-order valence-corrected chi connectivity index (χ1v) is 6.44. The predicted octanol–water partition coefficient (Wildman–Crippen LogP) is 2.61. The van der Waals surface area contributed by atoms with E-state index >= 15 is 0 Å². The molecule has 0 saturated carbocycles. The van der Waals surface area contributed by atoms with Gasteiger partial charge in [0.15, 0.2) is 5.13 Å². The lowest BCUT2D eigenvalue weighted by molar-refractivity contribution is 0.156. The maximum Gasteiger partial charge on any atom is 0.193 e. The van der Waals surface area contributed by atoms with Crippen molar-refractivity contribution in [3.05, 3.63) is 34.6 Å². The summed E-state index contributed by atoms with van der Waals surface area (Å²) >= 11 is 1.64. The SMILES string of the molecule is Cc1cc2c(n1-c1nccs1)CCCC2O. The van der Waals surface area contributed by atoms with Crippen LogP contribution in [-0.2, 0) is 6.42 Å². The number of rotatable bonds is 1. The molecule has 0 saturated heterocycles. The van der Waals surface area contributed by atoms with E-state index in [1.807, 2.05) is 11.6 Å². The maximum absolute atomic E-state index is 9.97. The summed E-state index contributed by atoms with van der Waals surface area (Å²) in [5.74, 6) is 0. The standard InChI is InChI=1S/C12H14N2OS/c1-8-7-9-10(3-2-4-11(9)15)14(8)12-13-5-6-16-12/h5-7,11,15H,2-4H2,1H3. The molecular formula is C12H14N2OS. The number of nitrogens with zero attached hydrogens (tertiary/aromatic N) is 2. The Hall–Kier alpha value is -1.13. The van der Waals surface area contributed by atoms with Gasteiger partial charge >= 0.3 is 0 Å². The van der Waals surface area contributed by atoms with Gasteiger partial charge in [-0.3, -0.25) is 4.57 Å². The Kier molecular flexibility index (Phi) is 2.33. The van der Waals surface area contributed by atoms with Crippen LogP contribution in [0.2, 0.25) is 0 Å². The highest BCUT2D eigenvalue weighted by Crippen LogP contribution is 2.34. The Balaban J connectivity index is 2.19. The fourth-order valence-corrected chi connectivity index (χ4v) is 3.20. The molecule has 1 N–H and O–H groups in total. The van der Waals surface area contributed by atoms with Gasteiger partial charge in [-0.1, -0.05) is 0 Å². The molecule has 0 radical (unpaired) electrons. The van der Waals surface area contributed by atoms with Crippen molar-refractivity contribution in [3.8, 4) is 5.13 Å². The lowest BCUT2D eigenvalue weighted by Crippen LogP contribution is -2.11. The molecule has 0 spiro atoms. The first kappa shape index (κ1) is 10.1. The molecule has 0 amide bonds. The number of aliphatic hydroxyl groups is 1. The molecule has 2 aromatic heterocycles. The predicted molar refractivity (Wildman–Crippen MR) is 64.1 cm³/mol. The minimum atomic E-state index is -0.288. The molecule has 0 fully saturated rings. The third kappa shape index (κ3) is 1.41. The van der Waals surface area contributed by atoms with Gasteiger partial charge in [0.05, 0.1) is 6.10 Å². The van der Waals surface area contributed by atoms with Crippen molar-refractivity contribution in [2.45, 2.75) is 32.3 Å². The highest BCUT2D eigenvalue weighted by atomic mass is 32.1. The van der Waals surface area contributed by atoms with E-state index in [1.165, 1.54) is 11.4 Å². The molecule has 84 valence electrons. The van der Waals surface area contributed by atoms with E-state index in [4.69, 9.17) is 0 Å². The number of aromatic nitrogens is 2. The first-order chi connectivity index (χ1) is 7.77. The Morgan fingerprint density at radius 2 is 2.44 bits per heavy atom. The zero-order valence-electron chi connectivity index (χ0n) is 9.18. The van der Waals surface area contributed by atoms with Crippen LogP contribution in [-0.4, -0.2) is 14.7 Å². The Morgan fingerprint density at radius 3 is 3.19 bits per heavy atom. The van der Waals surface area contributed by atoms with Crippen molar-refractivity contribution in [2.24, 2.45) is 0 Å². The largest absolute Gasteiger partial charge is 0.388 e. The lowest BCUT2D eigenvalue weighted by atomic mass is 9.95. The average Bonchev–Trinajstić information content (AvgIpc) is 2.85. The first-order valence-electron chi connectivity index (χ1n) is 5.56. The van der Waals surface area contributed by atoms with Gasteiger partial charge in [-0.05, 0) is 32.3 Å². The second kappa shape index (κ2) is 3.71. The van der Waals surface area contributed by atoms with Gasteiger partial charge in [0, 0.05) is 28.5 Å². The van der Waals surface area contributed by atoms with Crippen molar-refractivity contribution >= 4 is 11.3 Å². The quantitative estimate of drug-likeness (QED) is 0.823. The number of hydrogen-bond acceptors (Lipinski definition) is 3. The molecular weight excluding hydrogens is 220 g/mol. The fraction of sp³-hybridized carbons (Fsp3) is 0.417. The van der Waals surface area contributed by atoms with Crippen molar-refractivity contribution in [2.75, 3.05) is 0 Å². The van der Waals surface area contributed by atoms with Crippen LogP contribution in [0.3, 0.4) is 0 Å². The summed E-state index contributed by atoms with van der Waals surface area (Å²) in [5, 5.41) is 13.0. The average molecular weight is 234 g/mol. The van der Waals surface area contributed by atoms with Crippen LogP contribution in [0.5, 0.6) is 0 Å². The van der Waals surface area contributed by atoms with E-state index in [0.717, 1.165) is 30.0 Å². The van der Waals surface area contributed by atoms with Gasteiger partial charge in [-0.25, -0.2) is 4.98 Å². The van der Waals surface area contributed by atoms with Crippen molar-refractivity contribution in [1.29, 1.82) is 0 Å². The molecule has 1 unspecified atom stereocenters. The molecule has 16 heavy (non-hydrogen) atoms. The molecule has 3 rings (SSSR count). The summed E-state index contributed by atoms with van der Waals surface area (Å²) in [7, 11) is 0. The van der Waals surface area contributed by atoms with E-state index in [2.05, 4.69) is 22.5 Å². The molecule has 2 heterocycles. The van der Waals surface area contributed by atoms with E-state index in [9.17, 15) is 5.11 Å². The summed E-state index contributed by atoms with van der Waals surface area (Å²) in [5.41, 5.74) is 3.51. The van der Waals surface area contributed by atoms with Gasteiger partial charge in [0.25, 0.3) is 0 Å². The molecule has 0 aromatic carbocycles. The third-order valence-electron chi connectivity index (χ3n) is 3.18. The van der Waals surface area contributed by atoms with E-state index in [1.54, 1.807) is 11.3 Å². The lowest BCUT2D eigenvalue weighted by Gasteiger charge is -2.19. The van der Waals surface area contributed by atoms with Crippen LogP contribution in [0.1, 0.15) is 35.9 Å². The van der Waals surface area contributed by atoms with Gasteiger partial charge in [-0.15, -0.1) is 11.3 Å². The number of hydrogen-bond donors (Lipinski definition) is 1. The monoisotopic (exact) mass is 234 g/mol. The van der Waals surface area contributed by atoms with Crippen LogP contribution in [0.15, 0.2) is 17.6 Å². The molecule has 3 nitrogen and oxygen atoms in total. The van der Waals surface area contributed by atoms with Crippen LogP contribution < -0.4 is 0 Å². The molecule has 2 aromatic rings. The molecule has 0 aliphatic heterocycles. The second-order valence-electron chi connectivity index (χ2n) is 4.25. The Morgan fingerprint density at radius 1 is 1.56 bits per heavy atom. The topological polar surface area (TPSA) is 38.0 Å². The summed E-state index contributed by atoms with van der Waals surface area (Å²) in [6.07, 6.45) is 4.52. The Bertz CT molecular complexity index is 501. The summed E-state index contributed by atoms with van der Waals surface area (Å²) in [6.45, 7) is 2.08. The normalized spacial score (nSPS) is 19.8. The van der Waals surface area contributed by atoms with Crippen LogP contribution in [0.4, 0.5) is 0 Å².